The van der Waals surface area contributed by atoms with E-state index in [0.29, 0.717) is 6.42 Å². The maximum Gasteiger partial charge on any atom is 0.227 e. The fourth-order valence-corrected chi connectivity index (χ4v) is 3.15. The summed E-state index contributed by atoms with van der Waals surface area (Å²) in [5.74, 6) is -1.81. The van der Waals surface area contributed by atoms with Gasteiger partial charge in [0, 0.05) is 30.4 Å². The summed E-state index contributed by atoms with van der Waals surface area (Å²) in [5, 5.41) is 2.57. The molecule has 4 rings (SSSR count). The Kier molecular flexibility index (Phi) is 6.36. The minimum absolute atomic E-state index is 0.0287. The minimum Gasteiger partial charge on any atom is -0.351 e. The summed E-state index contributed by atoms with van der Waals surface area (Å²) in [4.78, 5) is 12.3. The fraction of sp³-hybridized carbons (Fsp3) is 0.227. The number of nitrogens with one attached hydrogen (secondary N) is 1. The van der Waals surface area contributed by atoms with E-state index in [4.69, 9.17) is 0 Å². The molecule has 0 spiro atoms. The highest BCUT2D eigenvalue weighted by atomic mass is 19.1. The predicted molar refractivity (Wildman–Crippen MR) is 102 cm³/mol. The Morgan fingerprint density at radius 2 is 1.70 bits per heavy atom. The van der Waals surface area contributed by atoms with E-state index >= 15 is 0 Å². The molecular formula is C22H22F2N2O. The van der Waals surface area contributed by atoms with Crippen molar-refractivity contribution in [3.05, 3.63) is 90.3 Å². The summed E-state index contributed by atoms with van der Waals surface area (Å²) >= 11 is 0. The Bertz CT molecular complexity index is 850. The number of hydrogen-bond acceptors (Lipinski definition) is 1. The molecule has 0 saturated carbocycles. The molecule has 0 aliphatic carbocycles. The largest absolute Gasteiger partial charge is 0.351 e. The smallest absolute Gasteiger partial charge is 0.227 e. The van der Waals surface area contributed by atoms with Gasteiger partial charge in [0.15, 0.2) is 0 Å². The number of benzene rings is 2. The van der Waals surface area contributed by atoms with Crippen LogP contribution in [0.25, 0.3) is 0 Å². The van der Waals surface area contributed by atoms with E-state index in [1.54, 1.807) is 0 Å². The van der Waals surface area contributed by atoms with Crippen LogP contribution in [0.1, 0.15) is 18.5 Å². The predicted octanol–water partition coefficient (Wildman–Crippen LogP) is 5.04. The molecule has 1 N–H and O–H groups in total. The highest BCUT2D eigenvalue weighted by molar-refractivity contribution is 5.92. The number of carbonyl (C=O) groups is 1. The van der Waals surface area contributed by atoms with Crippen LogP contribution in [0.2, 0.25) is 0 Å². The summed E-state index contributed by atoms with van der Waals surface area (Å²) in [6.07, 6.45) is 4.32. The normalized spacial score (nSPS) is 15.7. The van der Waals surface area contributed by atoms with Gasteiger partial charge in [0.1, 0.15) is 11.6 Å². The third-order valence-corrected chi connectivity index (χ3v) is 4.56. The van der Waals surface area contributed by atoms with E-state index in [9.17, 15) is 13.6 Å². The topological polar surface area (TPSA) is 34.0 Å². The number of carbonyl (C=O) groups excluding carboxylic acids is 1. The van der Waals surface area contributed by atoms with Crippen molar-refractivity contribution < 1.29 is 13.6 Å². The second kappa shape index (κ2) is 9.12. The molecule has 3 nitrogen and oxygen atoms in total. The monoisotopic (exact) mass is 368 g/mol. The molecule has 5 heteroatoms. The van der Waals surface area contributed by atoms with Gasteiger partial charge < -0.3 is 9.88 Å². The summed E-state index contributed by atoms with van der Waals surface area (Å²) in [6, 6.07) is 19.1. The zero-order chi connectivity index (χ0) is 19.1. The molecular weight excluding hydrogens is 346 g/mol. The van der Waals surface area contributed by atoms with Crippen molar-refractivity contribution in [2.45, 2.75) is 25.8 Å². The first-order chi connectivity index (χ1) is 13.1. The third kappa shape index (κ3) is 5.26. The van der Waals surface area contributed by atoms with Gasteiger partial charge in [-0.05, 0) is 43.5 Å². The van der Waals surface area contributed by atoms with Gasteiger partial charge in [-0.15, -0.1) is 0 Å². The molecule has 1 aliphatic heterocycles. The molecule has 0 fully saturated rings. The van der Waals surface area contributed by atoms with Gasteiger partial charge >= 0.3 is 0 Å². The van der Waals surface area contributed by atoms with Crippen LogP contribution in [0.3, 0.4) is 0 Å². The quantitative estimate of drug-likeness (QED) is 0.675. The molecule has 2 aromatic carbocycles. The number of aromatic nitrogens is 1. The Labute approximate surface area is 157 Å². The van der Waals surface area contributed by atoms with Crippen molar-refractivity contribution in [3.8, 4) is 0 Å². The summed E-state index contributed by atoms with van der Waals surface area (Å²) in [5.41, 5.74) is 1.15. The van der Waals surface area contributed by atoms with E-state index in [0.717, 1.165) is 37.2 Å². The number of anilines is 1. The van der Waals surface area contributed by atoms with Crippen molar-refractivity contribution in [2.24, 2.45) is 5.92 Å². The van der Waals surface area contributed by atoms with Crippen LogP contribution in [0.5, 0.6) is 0 Å². The van der Waals surface area contributed by atoms with Gasteiger partial charge in [-0.2, -0.15) is 0 Å². The number of halogens is 2. The Morgan fingerprint density at radius 1 is 1.00 bits per heavy atom. The van der Waals surface area contributed by atoms with Crippen molar-refractivity contribution in [2.75, 3.05) is 5.32 Å². The Hall–Kier alpha value is -2.95. The van der Waals surface area contributed by atoms with Crippen LogP contribution in [0.15, 0.2) is 72.9 Å². The fourth-order valence-electron chi connectivity index (χ4n) is 3.15. The van der Waals surface area contributed by atoms with E-state index in [2.05, 4.69) is 9.88 Å². The summed E-state index contributed by atoms with van der Waals surface area (Å²) in [7, 11) is 0. The number of hydrogen-bond donors (Lipinski definition) is 1. The standard InChI is InChI=1S/C16H16F2N2O.C6H6/c17-12-5-6-15(14(18)10-12)19-16(21)11-3-1-7-20-8-2-4-13(20)9-11;1-2-4-6-5-3-1/h2,4-6,8,10-11H,1,3,7,9H2,(H,19,21);1-6H. The first kappa shape index (κ1) is 18.8. The van der Waals surface area contributed by atoms with E-state index in [1.807, 2.05) is 54.7 Å². The lowest BCUT2D eigenvalue weighted by Gasteiger charge is -2.14. The summed E-state index contributed by atoms with van der Waals surface area (Å²) in [6.45, 7) is 0.900. The van der Waals surface area contributed by atoms with Crippen molar-refractivity contribution in [1.29, 1.82) is 0 Å². The summed E-state index contributed by atoms with van der Waals surface area (Å²) < 4.78 is 28.6. The third-order valence-electron chi connectivity index (χ3n) is 4.56. The minimum atomic E-state index is -0.750. The maximum atomic E-state index is 13.6. The number of nitrogens with zero attached hydrogens (tertiary/aromatic N) is 1. The average molecular weight is 368 g/mol. The first-order valence-corrected chi connectivity index (χ1v) is 9.03. The second-order valence-electron chi connectivity index (χ2n) is 6.50. The highest BCUT2D eigenvalue weighted by Gasteiger charge is 2.23. The lowest BCUT2D eigenvalue weighted by Crippen LogP contribution is -2.24. The molecule has 2 heterocycles. The van der Waals surface area contributed by atoms with Gasteiger partial charge in [-0.1, -0.05) is 36.4 Å². The SMILES string of the molecule is O=C(Nc1ccc(F)cc1F)C1CCCn2cccc2C1.c1ccccc1. The zero-order valence-electron chi connectivity index (χ0n) is 14.9. The van der Waals surface area contributed by atoms with E-state index in [-0.39, 0.29) is 17.5 Å². The van der Waals surface area contributed by atoms with Crippen molar-refractivity contribution in [3.63, 3.8) is 0 Å². The lowest BCUT2D eigenvalue weighted by atomic mass is 9.98. The van der Waals surface area contributed by atoms with Crippen LogP contribution < -0.4 is 5.32 Å². The van der Waals surface area contributed by atoms with Crippen LogP contribution >= 0.6 is 0 Å². The zero-order valence-corrected chi connectivity index (χ0v) is 14.9. The number of fused-ring (bicyclic) bond motifs is 1. The number of amides is 1. The molecule has 1 amide bonds. The van der Waals surface area contributed by atoms with Crippen molar-refractivity contribution in [1.82, 2.24) is 4.57 Å². The van der Waals surface area contributed by atoms with E-state index in [1.165, 1.54) is 6.07 Å². The molecule has 1 atom stereocenters. The molecule has 140 valence electrons. The first-order valence-electron chi connectivity index (χ1n) is 9.03. The molecule has 0 bridgehead atoms. The maximum absolute atomic E-state index is 13.6. The van der Waals surface area contributed by atoms with Gasteiger partial charge in [0.05, 0.1) is 5.69 Å². The molecule has 27 heavy (non-hydrogen) atoms. The Morgan fingerprint density at radius 3 is 2.37 bits per heavy atom. The van der Waals surface area contributed by atoms with Gasteiger partial charge in [-0.3, -0.25) is 4.79 Å². The van der Waals surface area contributed by atoms with Gasteiger partial charge in [0.25, 0.3) is 0 Å². The Balaban J connectivity index is 0.000000299. The van der Waals surface area contributed by atoms with Crippen LogP contribution in [-0.2, 0) is 17.8 Å². The van der Waals surface area contributed by atoms with Gasteiger partial charge in [0.2, 0.25) is 5.91 Å². The van der Waals surface area contributed by atoms with E-state index < -0.39 is 11.6 Å². The number of rotatable bonds is 2. The average Bonchev–Trinajstić information content (AvgIpc) is 3.02. The van der Waals surface area contributed by atoms with Crippen LogP contribution in [-0.4, -0.2) is 10.5 Å². The molecule has 0 saturated heterocycles. The van der Waals surface area contributed by atoms with Crippen LogP contribution in [0, 0.1) is 17.6 Å². The molecule has 0 radical (unpaired) electrons. The second-order valence-corrected chi connectivity index (χ2v) is 6.50. The highest BCUT2D eigenvalue weighted by Crippen LogP contribution is 2.23. The van der Waals surface area contributed by atoms with Gasteiger partial charge in [-0.25, -0.2) is 8.78 Å². The number of aryl methyl sites for hydroxylation is 1. The molecule has 1 unspecified atom stereocenters. The molecule has 1 aliphatic rings. The molecule has 1 aromatic heterocycles. The van der Waals surface area contributed by atoms with Crippen molar-refractivity contribution >= 4 is 11.6 Å². The lowest BCUT2D eigenvalue weighted by molar-refractivity contribution is -0.120. The van der Waals surface area contributed by atoms with Crippen LogP contribution in [0.4, 0.5) is 14.5 Å². The molecule has 3 aromatic rings.